The quantitative estimate of drug-likeness (QED) is 0.413. The highest BCUT2D eigenvalue weighted by Crippen LogP contribution is 2.20. The maximum absolute atomic E-state index is 12.4. The lowest BCUT2D eigenvalue weighted by molar-refractivity contribution is 0.0600. The third kappa shape index (κ3) is 5.45. The lowest BCUT2D eigenvalue weighted by atomic mass is 10.0. The molecule has 5 nitrogen and oxygen atoms in total. The molecule has 3 N–H and O–H groups in total. The molecule has 0 aliphatic rings. The van der Waals surface area contributed by atoms with E-state index in [0.29, 0.717) is 22.5 Å². The molecule has 0 bridgehead atoms. The van der Waals surface area contributed by atoms with E-state index >= 15 is 0 Å². The Kier molecular flexibility index (Phi) is 6.67. The number of nitrogen functional groups attached to an aromatic ring is 1. The van der Waals surface area contributed by atoms with Crippen LogP contribution in [-0.2, 0) is 17.6 Å². The minimum Gasteiger partial charge on any atom is -0.465 e. The van der Waals surface area contributed by atoms with Crippen molar-refractivity contribution in [3.8, 4) is 0 Å². The van der Waals surface area contributed by atoms with Crippen LogP contribution in [0.5, 0.6) is 0 Å². The first-order chi connectivity index (χ1) is 14.0. The average Bonchev–Trinajstić information content (AvgIpc) is 2.73. The van der Waals surface area contributed by atoms with E-state index in [0.717, 1.165) is 28.4 Å². The van der Waals surface area contributed by atoms with Gasteiger partial charge in [-0.2, -0.15) is 0 Å². The first kappa shape index (κ1) is 20.6. The highest BCUT2D eigenvalue weighted by molar-refractivity contribution is 9.10. The Morgan fingerprint density at radius 2 is 1.52 bits per heavy atom. The standard InChI is InChI=1S/C23H21BrN2O3/c1-29-23(28)17-8-4-15(5-9-17)2-3-16-6-11-19(12-7-16)26-22(27)20-13-10-18(24)14-21(20)25/h4-14H,2-3,25H2,1H3,(H,26,27). The highest BCUT2D eigenvalue weighted by atomic mass is 79.9. The van der Waals surface area contributed by atoms with Gasteiger partial charge in [0.1, 0.15) is 0 Å². The molecule has 0 saturated carbocycles. The first-order valence-corrected chi connectivity index (χ1v) is 9.88. The number of amides is 1. The molecule has 1 amide bonds. The summed E-state index contributed by atoms with van der Waals surface area (Å²) in [7, 11) is 1.37. The number of rotatable bonds is 6. The minimum atomic E-state index is -0.334. The number of carbonyl (C=O) groups is 2. The smallest absolute Gasteiger partial charge is 0.337 e. The molecule has 0 aliphatic carbocycles. The summed E-state index contributed by atoms with van der Waals surface area (Å²) in [6, 6.07) is 20.3. The van der Waals surface area contributed by atoms with Crippen LogP contribution in [0.2, 0.25) is 0 Å². The Balaban J connectivity index is 1.57. The molecule has 0 fully saturated rings. The summed E-state index contributed by atoms with van der Waals surface area (Å²) >= 11 is 3.33. The lowest BCUT2D eigenvalue weighted by Crippen LogP contribution is -2.14. The van der Waals surface area contributed by atoms with Crippen molar-refractivity contribution in [2.24, 2.45) is 0 Å². The molecule has 3 aromatic rings. The van der Waals surface area contributed by atoms with Gasteiger partial charge in [-0.3, -0.25) is 4.79 Å². The third-order valence-corrected chi connectivity index (χ3v) is 5.04. The summed E-state index contributed by atoms with van der Waals surface area (Å²) in [6.45, 7) is 0. The van der Waals surface area contributed by atoms with Gasteiger partial charge in [0.2, 0.25) is 0 Å². The molecule has 0 radical (unpaired) electrons. The molecule has 3 aromatic carbocycles. The Morgan fingerprint density at radius 3 is 2.07 bits per heavy atom. The molecule has 0 atom stereocenters. The Bertz CT molecular complexity index is 1020. The predicted molar refractivity (Wildman–Crippen MR) is 118 cm³/mol. The van der Waals surface area contributed by atoms with Gasteiger partial charge in [0, 0.05) is 15.8 Å². The number of nitrogens with one attached hydrogen (secondary N) is 1. The van der Waals surface area contributed by atoms with Crippen LogP contribution >= 0.6 is 15.9 Å². The van der Waals surface area contributed by atoms with Crippen LogP contribution < -0.4 is 11.1 Å². The zero-order valence-electron chi connectivity index (χ0n) is 15.9. The molecule has 0 spiro atoms. The van der Waals surface area contributed by atoms with Crippen molar-refractivity contribution in [1.29, 1.82) is 0 Å². The van der Waals surface area contributed by atoms with Crippen molar-refractivity contribution in [2.75, 3.05) is 18.2 Å². The minimum absolute atomic E-state index is 0.242. The molecular formula is C23H21BrN2O3. The van der Waals surface area contributed by atoms with E-state index in [4.69, 9.17) is 10.5 Å². The summed E-state index contributed by atoms with van der Waals surface area (Å²) in [6.07, 6.45) is 1.70. The van der Waals surface area contributed by atoms with E-state index in [1.807, 2.05) is 36.4 Å². The van der Waals surface area contributed by atoms with Gasteiger partial charge in [0.25, 0.3) is 5.91 Å². The summed E-state index contributed by atoms with van der Waals surface area (Å²) < 4.78 is 5.54. The van der Waals surface area contributed by atoms with Crippen LogP contribution in [0.4, 0.5) is 11.4 Å². The van der Waals surface area contributed by atoms with Crippen molar-refractivity contribution in [1.82, 2.24) is 0 Å². The van der Waals surface area contributed by atoms with Gasteiger partial charge in [0.15, 0.2) is 0 Å². The molecule has 148 valence electrons. The van der Waals surface area contributed by atoms with Gasteiger partial charge in [-0.25, -0.2) is 4.79 Å². The molecule has 0 unspecified atom stereocenters. The number of benzene rings is 3. The van der Waals surface area contributed by atoms with Crippen LogP contribution in [0, 0.1) is 0 Å². The van der Waals surface area contributed by atoms with Crippen LogP contribution in [0.3, 0.4) is 0 Å². The molecule has 0 aliphatic heterocycles. The summed E-state index contributed by atoms with van der Waals surface area (Å²) in [5, 5.41) is 2.86. The van der Waals surface area contributed by atoms with E-state index in [2.05, 4.69) is 21.2 Å². The van der Waals surface area contributed by atoms with Crippen molar-refractivity contribution in [3.63, 3.8) is 0 Å². The fourth-order valence-corrected chi connectivity index (χ4v) is 3.29. The number of aryl methyl sites for hydroxylation is 2. The summed E-state index contributed by atoms with van der Waals surface area (Å²) in [4.78, 5) is 23.9. The topological polar surface area (TPSA) is 81.4 Å². The van der Waals surface area contributed by atoms with Crippen LogP contribution in [0.15, 0.2) is 71.2 Å². The van der Waals surface area contributed by atoms with Gasteiger partial charge in [-0.1, -0.05) is 40.2 Å². The second kappa shape index (κ2) is 9.39. The van der Waals surface area contributed by atoms with E-state index in [1.165, 1.54) is 7.11 Å². The molecule has 29 heavy (non-hydrogen) atoms. The number of anilines is 2. The number of ether oxygens (including phenoxy) is 1. The number of hydrogen-bond donors (Lipinski definition) is 2. The normalized spacial score (nSPS) is 10.4. The number of carbonyl (C=O) groups excluding carboxylic acids is 2. The molecule has 0 aromatic heterocycles. The molecule has 0 saturated heterocycles. The van der Waals surface area contributed by atoms with Crippen LogP contribution in [-0.4, -0.2) is 19.0 Å². The van der Waals surface area contributed by atoms with Crippen molar-refractivity contribution in [2.45, 2.75) is 12.8 Å². The van der Waals surface area contributed by atoms with E-state index < -0.39 is 0 Å². The number of methoxy groups -OCH3 is 1. The van der Waals surface area contributed by atoms with Gasteiger partial charge < -0.3 is 15.8 Å². The Morgan fingerprint density at radius 1 is 0.931 bits per heavy atom. The Labute approximate surface area is 178 Å². The maximum Gasteiger partial charge on any atom is 0.337 e. The van der Waals surface area contributed by atoms with Gasteiger partial charge in [0.05, 0.1) is 18.2 Å². The first-order valence-electron chi connectivity index (χ1n) is 9.09. The fraction of sp³-hybridized carbons (Fsp3) is 0.130. The average molecular weight is 453 g/mol. The summed E-state index contributed by atoms with van der Waals surface area (Å²) in [5.74, 6) is -0.576. The predicted octanol–water partition coefficient (Wildman–Crippen LogP) is 4.86. The zero-order chi connectivity index (χ0) is 20.8. The SMILES string of the molecule is COC(=O)c1ccc(CCc2ccc(NC(=O)c3ccc(Br)cc3N)cc2)cc1. The van der Waals surface area contributed by atoms with E-state index in [9.17, 15) is 9.59 Å². The number of nitrogens with two attached hydrogens (primary N) is 1. The van der Waals surface area contributed by atoms with Gasteiger partial charge in [-0.15, -0.1) is 0 Å². The van der Waals surface area contributed by atoms with Gasteiger partial charge >= 0.3 is 5.97 Å². The Hall–Kier alpha value is -3.12. The second-order valence-corrected chi connectivity index (χ2v) is 7.49. The molecule has 0 heterocycles. The fourth-order valence-electron chi connectivity index (χ4n) is 2.91. The third-order valence-electron chi connectivity index (χ3n) is 4.55. The molecule has 6 heteroatoms. The van der Waals surface area contributed by atoms with Crippen molar-refractivity contribution >= 4 is 39.2 Å². The highest BCUT2D eigenvalue weighted by Gasteiger charge is 2.10. The number of halogens is 1. The molecular weight excluding hydrogens is 432 g/mol. The zero-order valence-corrected chi connectivity index (χ0v) is 17.5. The lowest BCUT2D eigenvalue weighted by Gasteiger charge is -2.09. The summed E-state index contributed by atoms with van der Waals surface area (Å²) in [5.41, 5.74) is 10.3. The maximum atomic E-state index is 12.4. The second-order valence-electron chi connectivity index (χ2n) is 6.57. The van der Waals surface area contributed by atoms with Crippen molar-refractivity contribution in [3.05, 3.63) is 93.5 Å². The number of hydrogen-bond acceptors (Lipinski definition) is 4. The largest absolute Gasteiger partial charge is 0.465 e. The van der Waals surface area contributed by atoms with Crippen LogP contribution in [0.25, 0.3) is 0 Å². The monoisotopic (exact) mass is 452 g/mol. The van der Waals surface area contributed by atoms with Crippen molar-refractivity contribution < 1.29 is 14.3 Å². The van der Waals surface area contributed by atoms with Gasteiger partial charge in [-0.05, 0) is 66.4 Å². The number of esters is 1. The van der Waals surface area contributed by atoms with E-state index in [-0.39, 0.29) is 11.9 Å². The van der Waals surface area contributed by atoms with E-state index in [1.54, 1.807) is 30.3 Å². The van der Waals surface area contributed by atoms with Crippen LogP contribution in [0.1, 0.15) is 31.8 Å². The molecule has 3 rings (SSSR count).